The van der Waals surface area contributed by atoms with Crippen molar-refractivity contribution in [3.63, 3.8) is 0 Å². The van der Waals surface area contributed by atoms with E-state index in [0.717, 1.165) is 0 Å². The van der Waals surface area contributed by atoms with Crippen LogP contribution in [0.3, 0.4) is 0 Å². The van der Waals surface area contributed by atoms with Crippen molar-refractivity contribution < 1.29 is 23.2 Å². The lowest BCUT2D eigenvalue weighted by atomic mass is 9.77. The molecule has 0 bridgehead atoms. The lowest BCUT2D eigenvalue weighted by Crippen LogP contribution is -2.41. The van der Waals surface area contributed by atoms with Crippen LogP contribution >= 0.6 is 0 Å². The molecule has 1 aliphatic heterocycles. The Hall–Kier alpha value is -1.93. The molecule has 154 valence electrons. The number of nitrogens with one attached hydrogen (secondary N) is 1. The van der Waals surface area contributed by atoms with E-state index in [4.69, 9.17) is 14.0 Å². The molecule has 1 saturated heterocycles. The van der Waals surface area contributed by atoms with Crippen molar-refractivity contribution in [1.82, 2.24) is 10.3 Å². The number of ether oxygens (including phenoxy) is 1. The lowest BCUT2D eigenvalue weighted by Gasteiger charge is -2.32. The van der Waals surface area contributed by atoms with Gasteiger partial charge in [-0.3, -0.25) is 0 Å². The van der Waals surface area contributed by atoms with Crippen molar-refractivity contribution in [2.75, 3.05) is 6.54 Å². The zero-order chi connectivity index (χ0) is 21.3. The van der Waals surface area contributed by atoms with E-state index in [2.05, 4.69) is 10.3 Å². The van der Waals surface area contributed by atoms with Crippen molar-refractivity contribution >= 4 is 19.3 Å². The number of carbonyl (C=O) groups excluding carboxylic acids is 1. The minimum absolute atomic E-state index is 0.155. The van der Waals surface area contributed by atoms with Gasteiger partial charge in [-0.1, -0.05) is 6.08 Å². The normalized spacial score (nSPS) is 18.9. The predicted molar refractivity (Wildman–Crippen MR) is 107 cm³/mol. The largest absolute Gasteiger partial charge is 0.492 e. The van der Waals surface area contributed by atoms with E-state index < -0.39 is 36.0 Å². The molecule has 1 fully saturated rings. The van der Waals surface area contributed by atoms with Gasteiger partial charge >= 0.3 is 13.2 Å². The summed E-state index contributed by atoms with van der Waals surface area (Å²) in [6.45, 7) is 15.0. The molecule has 2 heterocycles. The molecule has 0 radical (unpaired) electrons. The van der Waals surface area contributed by atoms with Gasteiger partial charge in [0.2, 0.25) is 5.95 Å². The van der Waals surface area contributed by atoms with Gasteiger partial charge in [-0.05, 0) is 72.5 Å². The van der Waals surface area contributed by atoms with Gasteiger partial charge < -0.3 is 19.4 Å². The average Bonchev–Trinajstić information content (AvgIpc) is 2.73. The van der Waals surface area contributed by atoms with Gasteiger partial charge in [0.1, 0.15) is 5.60 Å². The maximum atomic E-state index is 13.5. The molecular weight excluding hydrogens is 362 g/mol. The standard InChI is InChI=1S/C20H30BFN2O4/c1-13-9-14(11-23-16(13)22)10-15(12-24-17(25)26-18(2,3)4)21-27-19(5,6)20(7,8)28-21/h9-11H,12H2,1-8H3,(H,24,25). The van der Waals surface area contributed by atoms with E-state index in [0.29, 0.717) is 16.6 Å². The summed E-state index contributed by atoms with van der Waals surface area (Å²) >= 11 is 0. The summed E-state index contributed by atoms with van der Waals surface area (Å²) in [5.41, 5.74) is 0.143. The maximum Gasteiger partial charge on any atom is 0.492 e. The maximum absolute atomic E-state index is 13.5. The van der Waals surface area contributed by atoms with Crippen LogP contribution in [0.2, 0.25) is 0 Å². The highest BCUT2D eigenvalue weighted by atomic mass is 19.1. The molecule has 1 aromatic rings. The van der Waals surface area contributed by atoms with E-state index in [1.54, 1.807) is 39.8 Å². The van der Waals surface area contributed by atoms with Crippen LogP contribution < -0.4 is 5.32 Å². The molecular formula is C20H30BFN2O4. The molecule has 0 spiro atoms. The van der Waals surface area contributed by atoms with Crippen LogP contribution in [0.5, 0.6) is 0 Å². The first kappa shape index (κ1) is 22.4. The molecule has 1 aliphatic rings. The van der Waals surface area contributed by atoms with E-state index in [9.17, 15) is 9.18 Å². The first-order valence-electron chi connectivity index (χ1n) is 9.35. The summed E-state index contributed by atoms with van der Waals surface area (Å²) in [5, 5.41) is 2.73. The molecule has 1 aromatic heterocycles. The second-order valence-corrected chi connectivity index (χ2v) is 9.04. The molecule has 1 N–H and O–H groups in total. The Morgan fingerprint density at radius 2 is 1.86 bits per heavy atom. The fourth-order valence-electron chi connectivity index (χ4n) is 2.56. The lowest BCUT2D eigenvalue weighted by molar-refractivity contribution is 0.00578. The Bertz CT molecular complexity index is 756. The van der Waals surface area contributed by atoms with Crippen molar-refractivity contribution in [3.8, 4) is 0 Å². The number of pyridine rings is 1. The van der Waals surface area contributed by atoms with Gasteiger partial charge in [-0.25, -0.2) is 9.78 Å². The number of aryl methyl sites for hydroxylation is 1. The van der Waals surface area contributed by atoms with Crippen molar-refractivity contribution in [2.45, 2.75) is 72.2 Å². The zero-order valence-corrected chi connectivity index (χ0v) is 18.0. The summed E-state index contributed by atoms with van der Waals surface area (Å²) in [6.07, 6.45) is 2.68. The Kier molecular flexibility index (Phi) is 6.26. The van der Waals surface area contributed by atoms with Gasteiger partial charge in [0.25, 0.3) is 0 Å². The van der Waals surface area contributed by atoms with Crippen LogP contribution in [0.25, 0.3) is 6.08 Å². The Balaban J connectivity index is 2.27. The van der Waals surface area contributed by atoms with Crippen molar-refractivity contribution in [2.24, 2.45) is 0 Å². The number of hydrogen-bond acceptors (Lipinski definition) is 5. The van der Waals surface area contributed by atoms with Gasteiger partial charge in [0.05, 0.1) is 11.2 Å². The van der Waals surface area contributed by atoms with Crippen LogP contribution in [-0.4, -0.2) is 41.5 Å². The van der Waals surface area contributed by atoms with E-state index in [-0.39, 0.29) is 6.54 Å². The van der Waals surface area contributed by atoms with Crippen molar-refractivity contribution in [3.05, 3.63) is 34.8 Å². The molecule has 28 heavy (non-hydrogen) atoms. The SMILES string of the molecule is Cc1cc(C=C(CNC(=O)OC(C)(C)C)B2OC(C)(C)C(C)(C)O2)cnc1F. The molecule has 0 aromatic carbocycles. The predicted octanol–water partition coefficient (Wildman–Crippen LogP) is 4.07. The van der Waals surface area contributed by atoms with E-state index in [1.165, 1.54) is 6.20 Å². The monoisotopic (exact) mass is 392 g/mol. The highest BCUT2D eigenvalue weighted by molar-refractivity contribution is 6.56. The number of hydrogen-bond donors (Lipinski definition) is 1. The fourth-order valence-corrected chi connectivity index (χ4v) is 2.56. The minimum Gasteiger partial charge on any atom is -0.444 e. The number of carbonyl (C=O) groups is 1. The number of rotatable bonds is 4. The van der Waals surface area contributed by atoms with Gasteiger partial charge in [-0.15, -0.1) is 0 Å². The Morgan fingerprint density at radius 3 is 2.36 bits per heavy atom. The number of aromatic nitrogens is 1. The third kappa shape index (κ3) is 5.55. The summed E-state index contributed by atoms with van der Waals surface area (Å²) in [7, 11) is -0.662. The van der Waals surface area contributed by atoms with Crippen LogP contribution in [-0.2, 0) is 14.0 Å². The first-order valence-corrected chi connectivity index (χ1v) is 9.35. The molecule has 1 amide bonds. The molecule has 6 nitrogen and oxygen atoms in total. The van der Waals surface area contributed by atoms with Crippen LogP contribution in [0, 0.1) is 12.9 Å². The van der Waals surface area contributed by atoms with Gasteiger partial charge in [0.15, 0.2) is 0 Å². The van der Waals surface area contributed by atoms with Crippen LogP contribution in [0.1, 0.15) is 59.6 Å². The zero-order valence-electron chi connectivity index (χ0n) is 18.0. The van der Waals surface area contributed by atoms with Crippen LogP contribution in [0.15, 0.2) is 17.7 Å². The highest BCUT2D eigenvalue weighted by Gasteiger charge is 2.52. The number of alkyl carbamates (subject to hydrolysis) is 1. The van der Waals surface area contributed by atoms with Crippen LogP contribution in [0.4, 0.5) is 9.18 Å². The minimum atomic E-state index is -0.662. The quantitative estimate of drug-likeness (QED) is 0.618. The molecule has 0 atom stereocenters. The number of nitrogens with zero attached hydrogens (tertiary/aromatic N) is 1. The van der Waals surface area contributed by atoms with Gasteiger partial charge in [-0.2, -0.15) is 4.39 Å². The average molecular weight is 392 g/mol. The third-order valence-electron chi connectivity index (χ3n) is 4.78. The summed E-state index contributed by atoms with van der Waals surface area (Å²) < 4.78 is 31.0. The summed E-state index contributed by atoms with van der Waals surface area (Å²) in [4.78, 5) is 15.8. The molecule has 0 saturated carbocycles. The second-order valence-electron chi connectivity index (χ2n) is 9.04. The fraction of sp³-hybridized carbons (Fsp3) is 0.600. The Morgan fingerprint density at radius 1 is 1.29 bits per heavy atom. The third-order valence-corrected chi connectivity index (χ3v) is 4.78. The van der Waals surface area contributed by atoms with Crippen molar-refractivity contribution in [1.29, 1.82) is 0 Å². The van der Waals surface area contributed by atoms with E-state index >= 15 is 0 Å². The summed E-state index contributed by atoms with van der Waals surface area (Å²) in [5.74, 6) is -0.513. The van der Waals surface area contributed by atoms with E-state index in [1.807, 2.05) is 27.7 Å². The second kappa shape index (κ2) is 7.83. The summed E-state index contributed by atoms with van der Waals surface area (Å²) in [6, 6.07) is 1.68. The first-order chi connectivity index (χ1) is 12.7. The molecule has 0 aliphatic carbocycles. The smallest absolute Gasteiger partial charge is 0.444 e. The molecule has 0 unspecified atom stereocenters. The number of amides is 1. The number of halogens is 1. The van der Waals surface area contributed by atoms with Gasteiger partial charge in [0, 0.05) is 18.3 Å². The highest BCUT2D eigenvalue weighted by Crippen LogP contribution is 2.38. The Labute approximate surface area is 167 Å². The molecule has 2 rings (SSSR count). The molecule has 8 heteroatoms. The topological polar surface area (TPSA) is 69.7 Å².